The van der Waals surface area contributed by atoms with Gasteiger partial charge in [0.15, 0.2) is 11.5 Å². The zero-order chi connectivity index (χ0) is 15.4. The van der Waals surface area contributed by atoms with Gasteiger partial charge in [-0.15, -0.1) is 0 Å². The van der Waals surface area contributed by atoms with Crippen molar-refractivity contribution in [1.82, 2.24) is 0 Å². The Morgan fingerprint density at radius 2 is 1.67 bits per heavy atom. The molecule has 0 aromatic heterocycles. The van der Waals surface area contributed by atoms with E-state index in [-0.39, 0.29) is 0 Å². The van der Waals surface area contributed by atoms with Crippen molar-refractivity contribution in [3.05, 3.63) is 53.3 Å². The quantitative estimate of drug-likeness (QED) is 0.920. The minimum Gasteiger partial charge on any atom is -0.493 e. The van der Waals surface area contributed by atoms with E-state index in [1.54, 1.807) is 24.3 Å². The van der Waals surface area contributed by atoms with Gasteiger partial charge >= 0.3 is 0 Å². The first kappa shape index (κ1) is 15.1. The maximum Gasteiger partial charge on any atom is 0.203 e. The Balaban J connectivity index is 2.53. The maximum absolute atomic E-state index is 13.3. The van der Waals surface area contributed by atoms with E-state index in [9.17, 15) is 9.50 Å². The molecule has 1 unspecified atom stereocenters. The topological polar surface area (TPSA) is 47.9 Å². The highest BCUT2D eigenvalue weighted by atomic mass is 19.1. The van der Waals surface area contributed by atoms with Gasteiger partial charge in [0.25, 0.3) is 0 Å². The van der Waals surface area contributed by atoms with Crippen molar-refractivity contribution in [3.8, 4) is 17.2 Å². The van der Waals surface area contributed by atoms with Crippen LogP contribution in [0.4, 0.5) is 4.39 Å². The minimum atomic E-state index is -1.03. The van der Waals surface area contributed by atoms with E-state index in [2.05, 4.69) is 0 Å². The van der Waals surface area contributed by atoms with Gasteiger partial charge in [0.2, 0.25) is 5.75 Å². The van der Waals surface area contributed by atoms with Crippen molar-refractivity contribution in [2.45, 2.75) is 6.10 Å². The van der Waals surface area contributed by atoms with E-state index in [1.807, 2.05) is 0 Å². The van der Waals surface area contributed by atoms with E-state index in [4.69, 9.17) is 14.2 Å². The van der Waals surface area contributed by atoms with Crippen LogP contribution in [0.1, 0.15) is 17.2 Å². The van der Waals surface area contributed by atoms with Gasteiger partial charge in [-0.1, -0.05) is 12.1 Å². The molecule has 4 nitrogen and oxygen atoms in total. The second-order valence-corrected chi connectivity index (χ2v) is 4.38. The van der Waals surface area contributed by atoms with Crippen LogP contribution in [0.15, 0.2) is 36.4 Å². The molecule has 0 radical (unpaired) electrons. The summed E-state index contributed by atoms with van der Waals surface area (Å²) in [5.41, 5.74) is 0.904. The third-order valence-electron chi connectivity index (χ3n) is 3.19. The molecule has 1 atom stereocenters. The lowest BCUT2D eigenvalue weighted by Gasteiger charge is -2.19. The number of rotatable bonds is 5. The lowest BCUT2D eigenvalue weighted by atomic mass is 10.00. The molecule has 0 aliphatic rings. The van der Waals surface area contributed by atoms with Crippen LogP contribution < -0.4 is 14.2 Å². The molecule has 2 aromatic carbocycles. The third kappa shape index (κ3) is 2.92. The summed E-state index contributed by atoms with van der Waals surface area (Å²) in [6.45, 7) is 0. The van der Waals surface area contributed by atoms with Crippen LogP contribution in [0, 0.1) is 5.82 Å². The summed E-state index contributed by atoms with van der Waals surface area (Å²) in [6, 6.07) is 9.11. The highest BCUT2D eigenvalue weighted by Gasteiger charge is 2.22. The Morgan fingerprint density at radius 1 is 0.952 bits per heavy atom. The molecule has 1 N–H and O–H groups in total. The molecule has 0 spiro atoms. The SMILES string of the molecule is COc1ccc(C(O)c2cccc(F)c2)c(OC)c1OC. The van der Waals surface area contributed by atoms with E-state index < -0.39 is 11.9 Å². The lowest BCUT2D eigenvalue weighted by Crippen LogP contribution is -2.05. The van der Waals surface area contributed by atoms with Gasteiger partial charge in [-0.3, -0.25) is 0 Å². The number of benzene rings is 2. The molecule has 2 aromatic rings. The van der Waals surface area contributed by atoms with Crippen molar-refractivity contribution < 1.29 is 23.7 Å². The Morgan fingerprint density at radius 3 is 2.24 bits per heavy atom. The van der Waals surface area contributed by atoms with E-state index >= 15 is 0 Å². The summed E-state index contributed by atoms with van der Waals surface area (Å²) in [5, 5.41) is 10.5. The second kappa shape index (κ2) is 6.45. The molecular formula is C16H17FO4. The number of hydrogen-bond acceptors (Lipinski definition) is 4. The summed E-state index contributed by atoms with van der Waals surface area (Å²) in [7, 11) is 4.47. The van der Waals surface area contributed by atoms with E-state index in [0.717, 1.165) is 0 Å². The lowest BCUT2D eigenvalue weighted by molar-refractivity contribution is 0.212. The third-order valence-corrected chi connectivity index (χ3v) is 3.19. The van der Waals surface area contributed by atoms with Gasteiger partial charge in [-0.05, 0) is 29.8 Å². The van der Waals surface area contributed by atoms with Crippen molar-refractivity contribution in [1.29, 1.82) is 0 Å². The Labute approximate surface area is 122 Å². The molecule has 0 heterocycles. The van der Waals surface area contributed by atoms with Crippen molar-refractivity contribution in [3.63, 3.8) is 0 Å². The molecule has 0 aliphatic carbocycles. The van der Waals surface area contributed by atoms with Crippen molar-refractivity contribution >= 4 is 0 Å². The standard InChI is InChI=1S/C16H17FO4/c1-19-13-8-7-12(15(20-2)16(13)21-3)14(18)10-5-4-6-11(17)9-10/h4-9,14,18H,1-3H3. The van der Waals surface area contributed by atoms with Gasteiger partial charge in [0.05, 0.1) is 21.3 Å². The van der Waals surface area contributed by atoms with E-state index in [1.165, 1.54) is 33.5 Å². The maximum atomic E-state index is 13.3. The Bertz CT molecular complexity index is 628. The zero-order valence-corrected chi connectivity index (χ0v) is 12.1. The van der Waals surface area contributed by atoms with Crippen LogP contribution in [0.25, 0.3) is 0 Å². The van der Waals surface area contributed by atoms with Gasteiger partial charge in [-0.25, -0.2) is 4.39 Å². The molecular weight excluding hydrogens is 275 g/mol. The van der Waals surface area contributed by atoms with Crippen LogP contribution in [0.3, 0.4) is 0 Å². The largest absolute Gasteiger partial charge is 0.493 e. The predicted octanol–water partition coefficient (Wildman–Crippen LogP) is 2.93. The normalized spacial score (nSPS) is 11.9. The highest BCUT2D eigenvalue weighted by Crippen LogP contribution is 2.43. The van der Waals surface area contributed by atoms with Crippen molar-refractivity contribution in [2.24, 2.45) is 0 Å². The fourth-order valence-corrected chi connectivity index (χ4v) is 2.20. The van der Waals surface area contributed by atoms with Crippen LogP contribution in [0.5, 0.6) is 17.2 Å². The average molecular weight is 292 g/mol. The number of methoxy groups -OCH3 is 3. The van der Waals surface area contributed by atoms with Gasteiger partial charge in [0.1, 0.15) is 11.9 Å². The van der Waals surface area contributed by atoms with Crippen LogP contribution >= 0.6 is 0 Å². The molecule has 2 rings (SSSR count). The first-order valence-corrected chi connectivity index (χ1v) is 6.34. The highest BCUT2D eigenvalue weighted by molar-refractivity contribution is 5.57. The van der Waals surface area contributed by atoms with Gasteiger partial charge in [0, 0.05) is 5.56 Å². The molecule has 0 saturated carbocycles. The van der Waals surface area contributed by atoms with Crippen LogP contribution in [-0.2, 0) is 0 Å². The number of ether oxygens (including phenoxy) is 3. The molecule has 0 fully saturated rings. The molecule has 5 heteroatoms. The zero-order valence-electron chi connectivity index (χ0n) is 12.1. The summed E-state index contributed by atoms with van der Waals surface area (Å²) < 4.78 is 29.1. The number of halogens is 1. The number of aliphatic hydroxyl groups excluding tert-OH is 1. The molecule has 0 saturated heterocycles. The second-order valence-electron chi connectivity index (χ2n) is 4.38. The molecule has 112 valence electrons. The predicted molar refractivity (Wildman–Crippen MR) is 76.6 cm³/mol. The number of hydrogen-bond donors (Lipinski definition) is 1. The van der Waals surface area contributed by atoms with Gasteiger partial charge < -0.3 is 19.3 Å². The summed E-state index contributed by atoms with van der Waals surface area (Å²) >= 11 is 0. The van der Waals surface area contributed by atoms with E-state index in [0.29, 0.717) is 28.4 Å². The van der Waals surface area contributed by atoms with Crippen LogP contribution in [0.2, 0.25) is 0 Å². The summed E-state index contributed by atoms with van der Waals surface area (Å²) in [4.78, 5) is 0. The first-order valence-electron chi connectivity index (χ1n) is 6.34. The number of aliphatic hydroxyl groups is 1. The van der Waals surface area contributed by atoms with Crippen LogP contribution in [-0.4, -0.2) is 26.4 Å². The molecule has 0 aliphatic heterocycles. The molecule has 0 bridgehead atoms. The monoisotopic (exact) mass is 292 g/mol. The molecule has 0 amide bonds. The Hall–Kier alpha value is -2.27. The summed E-state index contributed by atoms with van der Waals surface area (Å²) in [5.74, 6) is 0.817. The average Bonchev–Trinajstić information content (AvgIpc) is 2.52. The first-order chi connectivity index (χ1) is 10.1. The summed E-state index contributed by atoms with van der Waals surface area (Å²) in [6.07, 6.45) is -1.03. The van der Waals surface area contributed by atoms with Gasteiger partial charge in [-0.2, -0.15) is 0 Å². The fourth-order valence-electron chi connectivity index (χ4n) is 2.20. The minimum absolute atomic E-state index is 0.355. The molecule has 21 heavy (non-hydrogen) atoms. The smallest absolute Gasteiger partial charge is 0.203 e. The Kier molecular flexibility index (Phi) is 4.65. The van der Waals surface area contributed by atoms with Crippen molar-refractivity contribution in [2.75, 3.05) is 21.3 Å². The fraction of sp³-hybridized carbons (Fsp3) is 0.250.